The Hall–Kier alpha value is -1.03. The Morgan fingerprint density at radius 1 is 1.42 bits per heavy atom. The molecule has 0 saturated carbocycles. The van der Waals surface area contributed by atoms with Gasteiger partial charge in [0.15, 0.2) is 0 Å². The van der Waals surface area contributed by atoms with Crippen LogP contribution in [0.2, 0.25) is 0 Å². The fourth-order valence-corrected chi connectivity index (χ4v) is 1.02. The Morgan fingerprint density at radius 2 is 2.17 bits per heavy atom. The Kier molecular flexibility index (Phi) is 7.38. The first-order chi connectivity index (χ1) is 5.81. The van der Waals surface area contributed by atoms with Crippen LogP contribution < -0.4 is 0 Å². The lowest BCUT2D eigenvalue weighted by Crippen LogP contribution is -1.78. The number of hydrogen-bond acceptors (Lipinski definition) is 1. The van der Waals surface area contributed by atoms with Gasteiger partial charge in [0.1, 0.15) is 0 Å². The monoisotopic (exact) mass is 163 g/mol. The van der Waals surface area contributed by atoms with Gasteiger partial charge < -0.3 is 0 Å². The molecule has 0 aliphatic rings. The van der Waals surface area contributed by atoms with Crippen molar-refractivity contribution < 1.29 is 0 Å². The molecule has 66 valence electrons. The maximum absolute atomic E-state index is 8.25. The first kappa shape index (κ1) is 11.0. The van der Waals surface area contributed by atoms with Gasteiger partial charge in [-0.3, -0.25) is 0 Å². The van der Waals surface area contributed by atoms with Crippen molar-refractivity contribution in [2.24, 2.45) is 0 Å². The van der Waals surface area contributed by atoms with E-state index in [0.717, 1.165) is 12.0 Å². The molecule has 1 heteroatoms. The summed E-state index contributed by atoms with van der Waals surface area (Å²) in [5.74, 6) is 0. The van der Waals surface area contributed by atoms with E-state index in [1.165, 1.54) is 31.8 Å². The highest BCUT2D eigenvalue weighted by atomic mass is 14.2. The van der Waals surface area contributed by atoms with Crippen molar-refractivity contribution in [3.8, 4) is 6.07 Å². The van der Waals surface area contributed by atoms with Crippen molar-refractivity contribution >= 4 is 0 Å². The fraction of sp³-hybridized carbons (Fsp3) is 0.545. The van der Waals surface area contributed by atoms with Crippen LogP contribution in [0.15, 0.2) is 24.3 Å². The van der Waals surface area contributed by atoms with E-state index >= 15 is 0 Å². The molecule has 12 heavy (non-hydrogen) atoms. The van der Waals surface area contributed by atoms with Crippen LogP contribution in [0.5, 0.6) is 0 Å². The van der Waals surface area contributed by atoms with Crippen molar-refractivity contribution in [3.63, 3.8) is 0 Å². The lowest BCUT2D eigenvalue weighted by atomic mass is 10.1. The average Bonchev–Trinajstić information content (AvgIpc) is 2.09. The second kappa shape index (κ2) is 8.07. The van der Waals surface area contributed by atoms with Gasteiger partial charge in [-0.05, 0) is 18.9 Å². The van der Waals surface area contributed by atoms with Crippen molar-refractivity contribution in [2.45, 2.75) is 39.0 Å². The quantitative estimate of drug-likeness (QED) is 0.333. The summed E-state index contributed by atoms with van der Waals surface area (Å²) in [5, 5.41) is 8.25. The zero-order valence-electron chi connectivity index (χ0n) is 7.84. The maximum atomic E-state index is 8.25. The number of unbranched alkanes of at least 4 members (excludes halogenated alkanes) is 3. The Morgan fingerprint density at radius 3 is 2.75 bits per heavy atom. The summed E-state index contributed by atoms with van der Waals surface area (Å²) in [6.45, 7) is 6.05. The van der Waals surface area contributed by atoms with Crippen LogP contribution in [-0.4, -0.2) is 0 Å². The summed E-state index contributed by atoms with van der Waals surface area (Å²) in [7, 11) is 0. The number of nitriles is 1. The fourth-order valence-electron chi connectivity index (χ4n) is 1.02. The molecular weight excluding hydrogens is 146 g/mol. The van der Waals surface area contributed by atoms with Crippen molar-refractivity contribution in [1.29, 1.82) is 5.26 Å². The van der Waals surface area contributed by atoms with Gasteiger partial charge in [-0.2, -0.15) is 5.26 Å². The summed E-state index contributed by atoms with van der Waals surface area (Å²) >= 11 is 0. The predicted molar refractivity (Wildman–Crippen MR) is 52.7 cm³/mol. The SMILES string of the molecule is C=C(C=CC#N)CCCCCC. The normalized spacial score (nSPS) is 10.0. The Bertz CT molecular complexity index is 184. The van der Waals surface area contributed by atoms with Crippen molar-refractivity contribution in [2.75, 3.05) is 0 Å². The highest BCUT2D eigenvalue weighted by Crippen LogP contribution is 2.08. The van der Waals surface area contributed by atoms with Crippen LogP contribution in [0.3, 0.4) is 0 Å². The standard InChI is InChI=1S/C11H17N/c1-3-4-5-6-8-11(2)9-7-10-12/h7,9H,2-6,8H2,1H3. The van der Waals surface area contributed by atoms with Crippen molar-refractivity contribution in [3.05, 3.63) is 24.3 Å². The third-order valence-corrected chi connectivity index (χ3v) is 1.75. The maximum Gasteiger partial charge on any atom is 0.0912 e. The molecule has 0 saturated heterocycles. The van der Waals surface area contributed by atoms with Gasteiger partial charge in [-0.1, -0.05) is 38.3 Å². The predicted octanol–water partition coefficient (Wildman–Crippen LogP) is 3.59. The molecule has 0 aliphatic carbocycles. The third kappa shape index (κ3) is 7.08. The molecule has 0 heterocycles. The van der Waals surface area contributed by atoms with Gasteiger partial charge >= 0.3 is 0 Å². The van der Waals surface area contributed by atoms with Gasteiger partial charge in [-0.15, -0.1) is 0 Å². The van der Waals surface area contributed by atoms with E-state index < -0.39 is 0 Å². The topological polar surface area (TPSA) is 23.8 Å². The first-order valence-electron chi connectivity index (χ1n) is 4.55. The molecule has 0 aromatic rings. The highest BCUT2D eigenvalue weighted by molar-refractivity contribution is 5.19. The minimum absolute atomic E-state index is 1.03. The lowest BCUT2D eigenvalue weighted by molar-refractivity contribution is 0.668. The molecular formula is C11H17N. The molecule has 0 bridgehead atoms. The number of allylic oxidation sites excluding steroid dienone is 3. The number of hydrogen-bond donors (Lipinski definition) is 0. The molecule has 0 spiro atoms. The molecule has 0 radical (unpaired) electrons. The van der Waals surface area contributed by atoms with Crippen LogP contribution in [0.4, 0.5) is 0 Å². The molecule has 0 N–H and O–H groups in total. The van der Waals surface area contributed by atoms with E-state index in [-0.39, 0.29) is 0 Å². The van der Waals surface area contributed by atoms with Crippen LogP contribution in [0, 0.1) is 11.3 Å². The van der Waals surface area contributed by atoms with E-state index in [1.54, 1.807) is 6.08 Å². The third-order valence-electron chi connectivity index (χ3n) is 1.75. The molecule has 1 nitrogen and oxygen atoms in total. The molecule has 0 aromatic carbocycles. The highest BCUT2D eigenvalue weighted by Gasteiger charge is 1.89. The minimum Gasteiger partial charge on any atom is -0.193 e. The Labute approximate surface area is 75.4 Å². The molecule has 0 unspecified atom stereocenters. The van der Waals surface area contributed by atoms with Gasteiger partial charge in [0.2, 0.25) is 0 Å². The van der Waals surface area contributed by atoms with Crippen LogP contribution in [0.25, 0.3) is 0 Å². The molecule has 0 fully saturated rings. The molecule has 0 aliphatic heterocycles. The van der Waals surface area contributed by atoms with E-state index in [1.807, 2.05) is 6.07 Å². The van der Waals surface area contributed by atoms with Crippen molar-refractivity contribution in [1.82, 2.24) is 0 Å². The van der Waals surface area contributed by atoms with Crippen LogP contribution in [0.1, 0.15) is 39.0 Å². The van der Waals surface area contributed by atoms with E-state index in [4.69, 9.17) is 5.26 Å². The summed E-state index contributed by atoms with van der Waals surface area (Å²) < 4.78 is 0. The van der Waals surface area contributed by atoms with Gasteiger partial charge in [-0.25, -0.2) is 0 Å². The average molecular weight is 163 g/mol. The lowest BCUT2D eigenvalue weighted by Gasteiger charge is -1.98. The first-order valence-corrected chi connectivity index (χ1v) is 4.55. The minimum atomic E-state index is 1.03. The van der Waals surface area contributed by atoms with Gasteiger partial charge in [0, 0.05) is 6.08 Å². The van der Waals surface area contributed by atoms with Gasteiger partial charge in [0.25, 0.3) is 0 Å². The van der Waals surface area contributed by atoms with Crippen LogP contribution in [-0.2, 0) is 0 Å². The number of rotatable bonds is 6. The molecule has 0 atom stereocenters. The van der Waals surface area contributed by atoms with Crippen LogP contribution >= 0.6 is 0 Å². The zero-order chi connectivity index (χ0) is 9.23. The van der Waals surface area contributed by atoms with Gasteiger partial charge in [0.05, 0.1) is 6.07 Å². The second-order valence-electron chi connectivity index (χ2n) is 2.93. The molecule has 0 rings (SSSR count). The number of nitrogens with zero attached hydrogens (tertiary/aromatic N) is 1. The molecule has 0 amide bonds. The summed E-state index contributed by atoms with van der Waals surface area (Å²) in [6.07, 6.45) is 9.35. The smallest absolute Gasteiger partial charge is 0.0912 e. The van der Waals surface area contributed by atoms with E-state index in [9.17, 15) is 0 Å². The zero-order valence-corrected chi connectivity index (χ0v) is 7.84. The largest absolute Gasteiger partial charge is 0.193 e. The summed E-state index contributed by atoms with van der Waals surface area (Å²) in [5.41, 5.74) is 1.06. The Balaban J connectivity index is 3.33. The second-order valence-corrected chi connectivity index (χ2v) is 2.93. The summed E-state index contributed by atoms with van der Waals surface area (Å²) in [6, 6.07) is 1.96. The van der Waals surface area contributed by atoms with E-state index in [2.05, 4.69) is 13.5 Å². The summed E-state index contributed by atoms with van der Waals surface area (Å²) in [4.78, 5) is 0. The molecule has 0 aromatic heterocycles. The van der Waals surface area contributed by atoms with E-state index in [0.29, 0.717) is 0 Å².